The van der Waals surface area contributed by atoms with E-state index < -0.39 is 11.6 Å². The van der Waals surface area contributed by atoms with E-state index in [1.807, 2.05) is 107 Å². The van der Waals surface area contributed by atoms with E-state index in [-0.39, 0.29) is 25.0 Å². The van der Waals surface area contributed by atoms with Crippen molar-refractivity contribution in [1.82, 2.24) is 10.2 Å². The van der Waals surface area contributed by atoms with E-state index in [0.29, 0.717) is 17.9 Å². The third kappa shape index (κ3) is 7.87. The van der Waals surface area contributed by atoms with Gasteiger partial charge in [0.1, 0.15) is 17.5 Å². The van der Waals surface area contributed by atoms with Crippen LogP contribution in [0.4, 0.5) is 0 Å². The molecule has 1 N–H and O–H groups in total. The Labute approximate surface area is 214 Å². The highest BCUT2D eigenvalue weighted by Crippen LogP contribution is 2.20. The Balaban J connectivity index is 1.95. The first kappa shape index (κ1) is 26.8. The highest BCUT2D eigenvalue weighted by molar-refractivity contribution is 5.89. The highest BCUT2D eigenvalue weighted by atomic mass is 16.5. The summed E-state index contributed by atoms with van der Waals surface area (Å²) in [6.07, 6.45) is 0.378. The van der Waals surface area contributed by atoms with Crippen molar-refractivity contribution in [3.05, 3.63) is 95.6 Å². The SMILES string of the molecule is COc1cccc(CN(C(=O)COc2ccccc2C)C(Cc2ccccc2)C(=O)NC(C)(C)C)c1. The Morgan fingerprint density at radius 3 is 2.25 bits per heavy atom. The van der Waals surface area contributed by atoms with Crippen LogP contribution in [0.1, 0.15) is 37.5 Å². The Kier molecular flexibility index (Phi) is 9.12. The van der Waals surface area contributed by atoms with Gasteiger partial charge in [-0.3, -0.25) is 9.59 Å². The zero-order valence-corrected chi connectivity index (χ0v) is 21.8. The smallest absolute Gasteiger partial charge is 0.261 e. The highest BCUT2D eigenvalue weighted by Gasteiger charge is 2.32. The monoisotopic (exact) mass is 488 g/mol. The number of amides is 2. The number of ether oxygens (including phenoxy) is 2. The first-order chi connectivity index (χ1) is 17.2. The zero-order chi connectivity index (χ0) is 26.1. The molecule has 0 spiro atoms. The van der Waals surface area contributed by atoms with E-state index in [9.17, 15) is 9.59 Å². The van der Waals surface area contributed by atoms with Crippen molar-refractivity contribution in [3.63, 3.8) is 0 Å². The van der Waals surface area contributed by atoms with Gasteiger partial charge in [-0.1, -0.05) is 60.7 Å². The van der Waals surface area contributed by atoms with Gasteiger partial charge < -0.3 is 19.7 Å². The molecule has 0 saturated heterocycles. The number of benzene rings is 3. The summed E-state index contributed by atoms with van der Waals surface area (Å²) < 4.78 is 11.3. The van der Waals surface area contributed by atoms with Crippen LogP contribution in [0.5, 0.6) is 11.5 Å². The van der Waals surface area contributed by atoms with Crippen LogP contribution in [0.3, 0.4) is 0 Å². The predicted molar refractivity (Wildman–Crippen MR) is 142 cm³/mol. The second-order valence-corrected chi connectivity index (χ2v) is 9.87. The van der Waals surface area contributed by atoms with Crippen LogP contribution in [0, 0.1) is 6.92 Å². The first-order valence-electron chi connectivity index (χ1n) is 12.1. The first-order valence-corrected chi connectivity index (χ1v) is 12.1. The molecular formula is C30H36N2O4. The van der Waals surface area contributed by atoms with Crippen molar-refractivity contribution in [2.24, 2.45) is 0 Å². The summed E-state index contributed by atoms with van der Waals surface area (Å²) in [7, 11) is 1.60. The van der Waals surface area contributed by atoms with Crippen molar-refractivity contribution in [2.45, 2.75) is 52.2 Å². The van der Waals surface area contributed by atoms with Crippen molar-refractivity contribution < 1.29 is 19.1 Å². The molecule has 1 atom stereocenters. The molecule has 6 heteroatoms. The maximum Gasteiger partial charge on any atom is 0.261 e. The molecule has 6 nitrogen and oxygen atoms in total. The fourth-order valence-electron chi connectivity index (χ4n) is 3.92. The minimum atomic E-state index is -0.731. The molecule has 0 heterocycles. The maximum atomic E-state index is 13.7. The van der Waals surface area contributed by atoms with E-state index in [2.05, 4.69) is 5.32 Å². The van der Waals surface area contributed by atoms with Crippen LogP contribution < -0.4 is 14.8 Å². The number of nitrogens with zero attached hydrogens (tertiary/aromatic N) is 1. The molecule has 0 bridgehead atoms. The Morgan fingerprint density at radius 1 is 0.917 bits per heavy atom. The minimum Gasteiger partial charge on any atom is -0.497 e. The lowest BCUT2D eigenvalue weighted by Gasteiger charge is -2.34. The van der Waals surface area contributed by atoms with Crippen LogP contribution in [-0.4, -0.2) is 42.0 Å². The van der Waals surface area contributed by atoms with Gasteiger partial charge in [0.05, 0.1) is 7.11 Å². The third-order valence-electron chi connectivity index (χ3n) is 5.70. The quantitative estimate of drug-likeness (QED) is 0.439. The molecule has 190 valence electrons. The lowest BCUT2D eigenvalue weighted by Crippen LogP contribution is -2.55. The fourth-order valence-corrected chi connectivity index (χ4v) is 3.92. The number of carbonyl (C=O) groups is 2. The molecule has 0 saturated carbocycles. The number of nitrogens with one attached hydrogen (secondary N) is 1. The normalized spacial score (nSPS) is 11.9. The van der Waals surface area contributed by atoms with Gasteiger partial charge >= 0.3 is 0 Å². The lowest BCUT2D eigenvalue weighted by molar-refractivity contribution is -0.143. The van der Waals surface area contributed by atoms with E-state index in [1.54, 1.807) is 12.0 Å². The Morgan fingerprint density at radius 2 is 1.58 bits per heavy atom. The summed E-state index contributed by atoms with van der Waals surface area (Å²) in [5.74, 6) is 0.852. The zero-order valence-electron chi connectivity index (χ0n) is 21.8. The minimum absolute atomic E-state index is 0.178. The molecule has 1 unspecified atom stereocenters. The summed E-state index contributed by atoms with van der Waals surface area (Å²) in [5, 5.41) is 3.07. The molecule has 0 aliphatic carbocycles. The van der Waals surface area contributed by atoms with Crippen LogP contribution in [0.2, 0.25) is 0 Å². The average Bonchev–Trinajstić information content (AvgIpc) is 2.85. The van der Waals surface area contributed by atoms with Gasteiger partial charge in [-0.25, -0.2) is 0 Å². The largest absolute Gasteiger partial charge is 0.497 e. The van der Waals surface area contributed by atoms with Gasteiger partial charge in [-0.05, 0) is 62.6 Å². The van der Waals surface area contributed by atoms with Crippen LogP contribution in [0.25, 0.3) is 0 Å². The predicted octanol–water partition coefficient (Wildman–Crippen LogP) is 4.94. The second-order valence-electron chi connectivity index (χ2n) is 9.87. The van der Waals surface area contributed by atoms with Crippen molar-refractivity contribution in [2.75, 3.05) is 13.7 Å². The van der Waals surface area contributed by atoms with E-state index in [1.165, 1.54) is 0 Å². The van der Waals surface area contributed by atoms with E-state index in [4.69, 9.17) is 9.47 Å². The van der Waals surface area contributed by atoms with Gasteiger partial charge in [0.15, 0.2) is 6.61 Å². The average molecular weight is 489 g/mol. The summed E-state index contributed by atoms with van der Waals surface area (Å²) >= 11 is 0. The summed E-state index contributed by atoms with van der Waals surface area (Å²) in [6, 6.07) is 24.1. The topological polar surface area (TPSA) is 67.9 Å². The second kappa shape index (κ2) is 12.2. The van der Waals surface area contributed by atoms with Crippen molar-refractivity contribution in [1.29, 1.82) is 0 Å². The molecule has 3 aromatic carbocycles. The maximum absolute atomic E-state index is 13.7. The molecule has 3 aromatic rings. The summed E-state index contributed by atoms with van der Waals surface area (Å²) in [6.45, 7) is 7.79. The van der Waals surface area contributed by atoms with E-state index in [0.717, 1.165) is 16.7 Å². The van der Waals surface area contributed by atoms with Gasteiger partial charge in [0, 0.05) is 18.5 Å². The van der Waals surface area contributed by atoms with Crippen molar-refractivity contribution in [3.8, 4) is 11.5 Å². The van der Waals surface area contributed by atoms with Gasteiger partial charge in [-0.15, -0.1) is 0 Å². The molecule has 0 aliphatic rings. The molecular weight excluding hydrogens is 452 g/mol. The Hall–Kier alpha value is -3.80. The number of carbonyl (C=O) groups excluding carboxylic acids is 2. The van der Waals surface area contributed by atoms with Crippen LogP contribution in [0.15, 0.2) is 78.9 Å². The fraction of sp³-hybridized carbons (Fsp3) is 0.333. The number of para-hydroxylation sites is 1. The standard InChI is InChI=1S/C30H36N2O4/c1-22-12-9-10-17-27(22)36-21-28(33)32(20-24-15-11-16-25(18-24)35-5)26(29(34)31-30(2,3)4)19-23-13-7-6-8-14-23/h6-18,26H,19-21H2,1-5H3,(H,31,34). The molecule has 0 fully saturated rings. The Bertz CT molecular complexity index is 1150. The molecule has 36 heavy (non-hydrogen) atoms. The number of rotatable bonds is 10. The summed E-state index contributed by atoms with van der Waals surface area (Å²) in [5.41, 5.74) is 2.32. The van der Waals surface area contributed by atoms with Gasteiger partial charge in [0.25, 0.3) is 5.91 Å². The number of methoxy groups -OCH3 is 1. The molecule has 0 aliphatic heterocycles. The molecule has 0 aromatic heterocycles. The van der Waals surface area contributed by atoms with Crippen LogP contribution in [-0.2, 0) is 22.6 Å². The van der Waals surface area contributed by atoms with Crippen molar-refractivity contribution >= 4 is 11.8 Å². The lowest BCUT2D eigenvalue weighted by atomic mass is 10.0. The van der Waals surface area contributed by atoms with Gasteiger partial charge in [-0.2, -0.15) is 0 Å². The molecule has 0 radical (unpaired) electrons. The molecule has 3 rings (SSSR count). The third-order valence-corrected chi connectivity index (χ3v) is 5.70. The number of hydrogen-bond donors (Lipinski definition) is 1. The summed E-state index contributed by atoms with van der Waals surface area (Å²) in [4.78, 5) is 28.9. The van der Waals surface area contributed by atoms with Gasteiger partial charge in [0.2, 0.25) is 5.91 Å². The number of aryl methyl sites for hydroxylation is 1. The van der Waals surface area contributed by atoms with Crippen LogP contribution >= 0.6 is 0 Å². The van der Waals surface area contributed by atoms with E-state index >= 15 is 0 Å². The molecule has 2 amide bonds. The number of hydrogen-bond acceptors (Lipinski definition) is 4.